The second kappa shape index (κ2) is 7.60. The third-order valence-corrected chi connectivity index (χ3v) is 4.59. The summed E-state index contributed by atoms with van der Waals surface area (Å²) in [5.41, 5.74) is 3.61. The van der Waals surface area contributed by atoms with E-state index in [0.717, 1.165) is 20.1 Å². The topological polar surface area (TPSA) is 164 Å². The number of rotatable bonds is 6. The van der Waals surface area contributed by atoms with Crippen molar-refractivity contribution in [3.05, 3.63) is 74.3 Å². The van der Waals surface area contributed by atoms with Gasteiger partial charge in [-0.15, -0.1) is 10.2 Å². The number of halogens is 1. The molecule has 12 nitrogen and oxygen atoms in total. The molecule has 13 heteroatoms. The molecule has 160 valence electrons. The van der Waals surface area contributed by atoms with Crippen molar-refractivity contribution in [2.75, 3.05) is 0 Å². The quantitative estimate of drug-likeness (QED) is 0.406. The van der Waals surface area contributed by atoms with Gasteiger partial charge in [0.1, 0.15) is 28.8 Å². The van der Waals surface area contributed by atoms with Crippen molar-refractivity contribution < 1.29 is 18.7 Å². The average molecular weight is 429 g/mol. The van der Waals surface area contributed by atoms with Crippen LogP contribution in [0.5, 0.6) is 0 Å². The van der Waals surface area contributed by atoms with Gasteiger partial charge in [0.05, 0.1) is 13.1 Å². The van der Waals surface area contributed by atoms with E-state index >= 15 is 0 Å². The van der Waals surface area contributed by atoms with Gasteiger partial charge in [-0.25, -0.2) is 9.18 Å². The number of hydrogen-bond donors (Lipinski definition) is 2. The first-order chi connectivity index (χ1) is 14.7. The monoisotopic (exact) mass is 429 g/mol. The Morgan fingerprint density at radius 1 is 1.32 bits per heavy atom. The van der Waals surface area contributed by atoms with E-state index in [9.17, 15) is 23.9 Å². The molecule has 0 saturated heterocycles. The van der Waals surface area contributed by atoms with Crippen molar-refractivity contribution in [1.29, 1.82) is 0 Å². The molecule has 3 heterocycles. The maximum atomic E-state index is 13.3. The Morgan fingerprint density at radius 3 is 2.84 bits per heavy atom. The molecule has 0 bridgehead atoms. The lowest BCUT2D eigenvalue weighted by Gasteiger charge is -2.07. The minimum atomic E-state index is -1.14. The first kappa shape index (κ1) is 20.2. The van der Waals surface area contributed by atoms with E-state index in [1.165, 1.54) is 25.2 Å². The lowest BCUT2D eigenvalue weighted by Crippen LogP contribution is -2.42. The van der Waals surface area contributed by atoms with Crippen LogP contribution < -0.4 is 17.0 Å². The summed E-state index contributed by atoms with van der Waals surface area (Å²) in [5, 5.41) is 22.7. The van der Waals surface area contributed by atoms with Crippen LogP contribution in [0.25, 0.3) is 11.0 Å². The number of aliphatic hydroxyl groups excluding tert-OH is 1. The summed E-state index contributed by atoms with van der Waals surface area (Å²) in [6.45, 7) is -0.308. The zero-order valence-electron chi connectivity index (χ0n) is 16.1. The highest BCUT2D eigenvalue weighted by Crippen LogP contribution is 2.25. The van der Waals surface area contributed by atoms with Crippen LogP contribution in [0.2, 0.25) is 0 Å². The predicted octanol–water partition coefficient (Wildman–Crippen LogP) is -0.700. The van der Waals surface area contributed by atoms with Crippen molar-refractivity contribution in [3.63, 3.8) is 0 Å². The highest BCUT2D eigenvalue weighted by atomic mass is 19.1. The van der Waals surface area contributed by atoms with E-state index in [1.807, 2.05) is 0 Å². The average Bonchev–Trinajstić information content (AvgIpc) is 3.34. The third-order valence-electron chi connectivity index (χ3n) is 4.59. The van der Waals surface area contributed by atoms with Crippen molar-refractivity contribution in [1.82, 2.24) is 29.3 Å². The molecule has 4 rings (SSSR count). The van der Waals surface area contributed by atoms with Gasteiger partial charge in [-0.05, 0) is 23.4 Å². The van der Waals surface area contributed by atoms with Crippen molar-refractivity contribution >= 4 is 16.9 Å². The molecule has 3 N–H and O–H groups in total. The molecule has 0 saturated carbocycles. The molecular formula is C18H16FN7O5. The Labute approximate surface area is 171 Å². The van der Waals surface area contributed by atoms with E-state index in [2.05, 4.69) is 15.4 Å². The van der Waals surface area contributed by atoms with E-state index < -0.39 is 29.1 Å². The molecule has 0 radical (unpaired) electrons. The number of benzene rings is 1. The van der Waals surface area contributed by atoms with E-state index in [1.54, 1.807) is 6.07 Å². The molecule has 0 fully saturated rings. The second-order valence-corrected chi connectivity index (χ2v) is 6.79. The SMILES string of the molecule is Cn1c(=O)c(C(N)=O)cn(Cc2nnn(C[C@H](O)c3cc4ccc(F)cc4o3)n2)c1=O. The normalized spacial score (nSPS) is 12.4. The summed E-state index contributed by atoms with van der Waals surface area (Å²) in [6, 6.07) is 5.60. The number of fused-ring (bicyclic) bond motifs is 1. The van der Waals surface area contributed by atoms with Gasteiger partial charge in [-0.2, -0.15) is 4.80 Å². The molecule has 3 aromatic heterocycles. The van der Waals surface area contributed by atoms with Gasteiger partial charge in [0.15, 0.2) is 5.82 Å². The number of amides is 1. The van der Waals surface area contributed by atoms with Gasteiger partial charge >= 0.3 is 5.69 Å². The summed E-state index contributed by atoms with van der Waals surface area (Å²) >= 11 is 0. The summed E-state index contributed by atoms with van der Waals surface area (Å²) in [6.07, 6.45) is -0.102. The Kier molecular flexibility index (Phi) is 4.94. The maximum absolute atomic E-state index is 13.3. The third kappa shape index (κ3) is 3.85. The molecule has 0 aliphatic carbocycles. The summed E-state index contributed by atoms with van der Waals surface area (Å²) in [7, 11) is 1.22. The number of carbonyl (C=O) groups excluding carboxylic acids is 1. The standard InChI is InChI=1S/C18H16FN7O5/c1-24-17(29)11(16(20)28)6-25(18(24)30)8-15-21-23-26(22-15)7-12(27)14-4-9-2-3-10(19)5-13(9)31-14/h2-6,12,27H,7-8H2,1H3,(H2,20,28)/t12-/m0/s1. The number of hydrogen-bond acceptors (Lipinski definition) is 8. The molecule has 0 aliphatic rings. The summed E-state index contributed by atoms with van der Waals surface area (Å²) < 4.78 is 20.6. The minimum Gasteiger partial charge on any atom is -0.458 e. The number of tetrazole rings is 1. The Balaban J connectivity index is 1.54. The largest absolute Gasteiger partial charge is 0.458 e. The molecular weight excluding hydrogens is 413 g/mol. The molecule has 0 spiro atoms. The molecule has 31 heavy (non-hydrogen) atoms. The Bertz CT molecular complexity index is 1420. The second-order valence-electron chi connectivity index (χ2n) is 6.79. The number of carbonyl (C=O) groups is 1. The number of primary amides is 1. The van der Waals surface area contributed by atoms with Crippen LogP contribution in [0, 0.1) is 5.82 Å². The van der Waals surface area contributed by atoms with Crippen LogP contribution in [0.4, 0.5) is 4.39 Å². The Morgan fingerprint density at radius 2 is 2.10 bits per heavy atom. The van der Waals surface area contributed by atoms with Crippen molar-refractivity contribution in [2.45, 2.75) is 19.2 Å². The first-order valence-corrected chi connectivity index (χ1v) is 8.97. The number of aromatic nitrogens is 6. The van der Waals surface area contributed by atoms with Crippen molar-refractivity contribution in [2.24, 2.45) is 12.8 Å². The van der Waals surface area contributed by atoms with Crippen LogP contribution in [-0.4, -0.2) is 40.4 Å². The van der Waals surface area contributed by atoms with Gasteiger partial charge in [0.2, 0.25) is 0 Å². The van der Waals surface area contributed by atoms with Crippen LogP contribution >= 0.6 is 0 Å². The fourth-order valence-electron chi connectivity index (χ4n) is 3.01. The van der Waals surface area contributed by atoms with Gasteiger partial charge < -0.3 is 15.3 Å². The fraction of sp³-hybridized carbons (Fsp3) is 0.222. The van der Waals surface area contributed by atoms with Crippen LogP contribution in [-0.2, 0) is 20.1 Å². The molecule has 1 atom stereocenters. The van der Waals surface area contributed by atoms with E-state index in [0.29, 0.717) is 11.0 Å². The van der Waals surface area contributed by atoms with Crippen molar-refractivity contribution in [3.8, 4) is 0 Å². The van der Waals surface area contributed by atoms with E-state index in [-0.39, 0.29) is 30.2 Å². The summed E-state index contributed by atoms with van der Waals surface area (Å²) in [5.74, 6) is -1.15. The first-order valence-electron chi connectivity index (χ1n) is 8.97. The summed E-state index contributed by atoms with van der Waals surface area (Å²) in [4.78, 5) is 36.7. The van der Waals surface area contributed by atoms with Gasteiger partial charge in [0, 0.05) is 24.7 Å². The molecule has 0 unspecified atom stereocenters. The van der Waals surface area contributed by atoms with Crippen LogP contribution in [0.1, 0.15) is 28.0 Å². The molecule has 1 aromatic carbocycles. The lowest BCUT2D eigenvalue weighted by atomic mass is 10.2. The number of aliphatic hydroxyl groups is 1. The number of nitrogens with zero attached hydrogens (tertiary/aromatic N) is 6. The van der Waals surface area contributed by atoms with E-state index in [4.69, 9.17) is 10.2 Å². The van der Waals surface area contributed by atoms with Gasteiger partial charge in [-0.1, -0.05) is 0 Å². The van der Waals surface area contributed by atoms with Crippen LogP contribution in [0.3, 0.4) is 0 Å². The lowest BCUT2D eigenvalue weighted by molar-refractivity contribution is 0.0997. The molecule has 0 aliphatic heterocycles. The maximum Gasteiger partial charge on any atom is 0.331 e. The zero-order chi connectivity index (χ0) is 22.3. The van der Waals surface area contributed by atoms with Crippen LogP contribution in [0.15, 0.2) is 44.5 Å². The predicted molar refractivity (Wildman–Crippen MR) is 103 cm³/mol. The Hall–Kier alpha value is -4.13. The smallest absolute Gasteiger partial charge is 0.331 e. The molecule has 4 aromatic rings. The number of furan rings is 1. The highest BCUT2D eigenvalue weighted by molar-refractivity contribution is 5.92. The van der Waals surface area contributed by atoms with Gasteiger partial charge in [0.25, 0.3) is 11.5 Å². The zero-order valence-corrected chi connectivity index (χ0v) is 16.1. The minimum absolute atomic E-state index is 0.0926. The number of nitrogens with two attached hydrogens (primary N) is 1. The molecule has 1 amide bonds. The fourth-order valence-corrected chi connectivity index (χ4v) is 3.01. The highest BCUT2D eigenvalue weighted by Gasteiger charge is 2.18. The van der Waals surface area contributed by atoms with Gasteiger partial charge in [-0.3, -0.25) is 18.7 Å².